The van der Waals surface area contributed by atoms with Crippen LogP contribution in [0.5, 0.6) is 0 Å². The Hall–Kier alpha value is -1.37. The molecule has 1 aromatic carbocycles. The largest absolute Gasteiger partial charge is 0.329 e. The van der Waals surface area contributed by atoms with Gasteiger partial charge in [0.15, 0.2) is 0 Å². The molecule has 1 N–H and O–H groups in total. The molecular formula is C13H16ClN3O2S. The van der Waals surface area contributed by atoms with E-state index in [0.717, 1.165) is 5.56 Å². The van der Waals surface area contributed by atoms with Gasteiger partial charge in [-0.25, -0.2) is 18.1 Å². The van der Waals surface area contributed by atoms with Crippen LogP contribution in [0.2, 0.25) is 5.02 Å². The van der Waals surface area contributed by atoms with Gasteiger partial charge in [-0.2, -0.15) is 0 Å². The standard InChI is InChI=1S/C13H16ClN3O2S/c1-2-20(18,19)16-9-13(17-8-7-15-10-17)11-3-5-12(14)6-4-11/h3-8,10,13,16H,2,9H2,1H3/t13-/m0/s1. The van der Waals surface area contributed by atoms with Gasteiger partial charge in [-0.05, 0) is 24.6 Å². The van der Waals surface area contributed by atoms with Gasteiger partial charge < -0.3 is 4.57 Å². The topological polar surface area (TPSA) is 64.0 Å². The highest BCUT2D eigenvalue weighted by Crippen LogP contribution is 2.20. The lowest BCUT2D eigenvalue weighted by Gasteiger charge is -2.19. The predicted molar refractivity (Wildman–Crippen MR) is 79.3 cm³/mol. The molecule has 1 atom stereocenters. The Kier molecular flexibility index (Phi) is 4.80. The summed E-state index contributed by atoms with van der Waals surface area (Å²) in [6.07, 6.45) is 5.14. The number of benzene rings is 1. The summed E-state index contributed by atoms with van der Waals surface area (Å²) < 4.78 is 27.7. The van der Waals surface area contributed by atoms with Crippen LogP contribution in [-0.4, -0.2) is 30.3 Å². The third kappa shape index (κ3) is 3.82. The van der Waals surface area contributed by atoms with E-state index < -0.39 is 10.0 Å². The number of nitrogens with one attached hydrogen (secondary N) is 1. The second-order valence-corrected chi connectivity index (χ2v) is 6.86. The van der Waals surface area contributed by atoms with Gasteiger partial charge in [0.1, 0.15) is 0 Å². The summed E-state index contributed by atoms with van der Waals surface area (Å²) in [4.78, 5) is 4.01. The third-order valence-corrected chi connectivity index (χ3v) is 4.63. The smallest absolute Gasteiger partial charge is 0.211 e. The molecule has 0 spiro atoms. The van der Waals surface area contributed by atoms with Crippen LogP contribution in [0.15, 0.2) is 43.0 Å². The van der Waals surface area contributed by atoms with Crippen molar-refractivity contribution in [2.45, 2.75) is 13.0 Å². The van der Waals surface area contributed by atoms with Gasteiger partial charge in [-0.1, -0.05) is 23.7 Å². The Labute approximate surface area is 123 Å². The van der Waals surface area contributed by atoms with Gasteiger partial charge in [0, 0.05) is 24.0 Å². The Morgan fingerprint density at radius 1 is 1.35 bits per heavy atom. The minimum atomic E-state index is -3.23. The van der Waals surface area contributed by atoms with Gasteiger partial charge in [0.2, 0.25) is 10.0 Å². The first-order valence-electron chi connectivity index (χ1n) is 6.22. The van der Waals surface area contributed by atoms with Crippen LogP contribution < -0.4 is 4.72 Å². The van der Waals surface area contributed by atoms with E-state index in [4.69, 9.17) is 11.6 Å². The van der Waals surface area contributed by atoms with Crippen LogP contribution in [0, 0.1) is 0 Å². The van der Waals surface area contributed by atoms with Crippen molar-refractivity contribution in [2.75, 3.05) is 12.3 Å². The number of aromatic nitrogens is 2. The summed E-state index contributed by atoms with van der Waals surface area (Å²) in [5.74, 6) is 0.0598. The van der Waals surface area contributed by atoms with Crippen molar-refractivity contribution < 1.29 is 8.42 Å². The molecule has 0 aliphatic carbocycles. The first-order valence-corrected chi connectivity index (χ1v) is 8.25. The van der Waals surface area contributed by atoms with Crippen molar-refractivity contribution >= 4 is 21.6 Å². The lowest BCUT2D eigenvalue weighted by molar-refractivity contribution is 0.543. The van der Waals surface area contributed by atoms with Crippen molar-refractivity contribution in [2.24, 2.45) is 0 Å². The number of hydrogen-bond donors (Lipinski definition) is 1. The summed E-state index contributed by atoms with van der Waals surface area (Å²) in [7, 11) is -3.23. The molecule has 2 aromatic rings. The number of nitrogens with zero attached hydrogens (tertiary/aromatic N) is 2. The van der Waals surface area contributed by atoms with E-state index >= 15 is 0 Å². The van der Waals surface area contributed by atoms with Crippen LogP contribution in [0.25, 0.3) is 0 Å². The highest BCUT2D eigenvalue weighted by Gasteiger charge is 2.16. The quantitative estimate of drug-likeness (QED) is 0.888. The normalized spacial score (nSPS) is 13.3. The Bertz CT molecular complexity index is 639. The lowest BCUT2D eigenvalue weighted by atomic mass is 10.1. The van der Waals surface area contributed by atoms with Gasteiger partial charge in [0.25, 0.3) is 0 Å². The minimum absolute atomic E-state index is 0.0598. The molecule has 5 nitrogen and oxygen atoms in total. The van der Waals surface area contributed by atoms with Crippen LogP contribution in [0.4, 0.5) is 0 Å². The molecule has 1 heterocycles. The molecule has 2 rings (SSSR count). The van der Waals surface area contributed by atoms with Crippen molar-refractivity contribution in [1.29, 1.82) is 0 Å². The molecule has 0 saturated heterocycles. The average molecular weight is 314 g/mol. The SMILES string of the molecule is CCS(=O)(=O)NC[C@@H](c1ccc(Cl)cc1)n1ccnc1. The van der Waals surface area contributed by atoms with Crippen molar-refractivity contribution in [3.63, 3.8) is 0 Å². The Morgan fingerprint density at radius 3 is 2.60 bits per heavy atom. The Morgan fingerprint density at radius 2 is 2.05 bits per heavy atom. The van der Waals surface area contributed by atoms with E-state index in [-0.39, 0.29) is 18.3 Å². The minimum Gasteiger partial charge on any atom is -0.329 e. The maximum Gasteiger partial charge on any atom is 0.211 e. The molecule has 1 aromatic heterocycles. The molecule has 0 amide bonds. The van der Waals surface area contributed by atoms with E-state index in [1.54, 1.807) is 37.8 Å². The van der Waals surface area contributed by atoms with Gasteiger partial charge in [0.05, 0.1) is 18.1 Å². The molecule has 0 saturated carbocycles. The number of hydrogen-bond acceptors (Lipinski definition) is 3. The molecule has 0 radical (unpaired) electrons. The fourth-order valence-electron chi connectivity index (χ4n) is 1.84. The van der Waals surface area contributed by atoms with Gasteiger partial charge in [-0.3, -0.25) is 0 Å². The highest BCUT2D eigenvalue weighted by atomic mass is 35.5. The summed E-state index contributed by atoms with van der Waals surface area (Å²) >= 11 is 5.88. The van der Waals surface area contributed by atoms with Crippen LogP contribution in [0.1, 0.15) is 18.5 Å². The van der Waals surface area contributed by atoms with Crippen LogP contribution in [-0.2, 0) is 10.0 Å². The van der Waals surface area contributed by atoms with Crippen LogP contribution >= 0.6 is 11.6 Å². The second-order valence-electron chi connectivity index (χ2n) is 4.33. The van der Waals surface area contributed by atoms with E-state index in [0.29, 0.717) is 5.02 Å². The third-order valence-electron chi connectivity index (χ3n) is 3.02. The zero-order valence-corrected chi connectivity index (χ0v) is 12.6. The number of rotatable bonds is 6. The maximum atomic E-state index is 11.6. The van der Waals surface area contributed by atoms with Gasteiger partial charge in [-0.15, -0.1) is 0 Å². The number of imidazole rings is 1. The first-order chi connectivity index (χ1) is 9.52. The van der Waals surface area contributed by atoms with E-state index in [2.05, 4.69) is 9.71 Å². The molecule has 20 heavy (non-hydrogen) atoms. The molecule has 108 valence electrons. The van der Waals surface area contributed by atoms with Crippen molar-refractivity contribution in [1.82, 2.24) is 14.3 Å². The van der Waals surface area contributed by atoms with E-state index in [9.17, 15) is 8.42 Å². The molecule has 0 aliphatic rings. The van der Waals surface area contributed by atoms with Gasteiger partial charge >= 0.3 is 0 Å². The fraction of sp³-hybridized carbons (Fsp3) is 0.308. The summed E-state index contributed by atoms with van der Waals surface area (Å²) in [5, 5.41) is 0.646. The summed E-state index contributed by atoms with van der Waals surface area (Å²) in [6, 6.07) is 7.18. The molecular weight excluding hydrogens is 298 g/mol. The number of halogens is 1. The molecule has 0 aliphatic heterocycles. The molecule has 0 fully saturated rings. The van der Waals surface area contributed by atoms with E-state index in [1.807, 2.05) is 16.7 Å². The van der Waals surface area contributed by atoms with Crippen LogP contribution in [0.3, 0.4) is 0 Å². The zero-order valence-electron chi connectivity index (χ0n) is 11.0. The summed E-state index contributed by atoms with van der Waals surface area (Å²) in [6.45, 7) is 1.88. The lowest BCUT2D eigenvalue weighted by Crippen LogP contribution is -2.32. The molecule has 0 unspecified atom stereocenters. The first kappa shape index (κ1) is 15.0. The fourth-order valence-corrected chi connectivity index (χ4v) is 2.58. The highest BCUT2D eigenvalue weighted by molar-refractivity contribution is 7.89. The monoisotopic (exact) mass is 313 g/mol. The van der Waals surface area contributed by atoms with Crippen molar-refractivity contribution in [3.05, 3.63) is 53.6 Å². The molecule has 0 bridgehead atoms. The predicted octanol–water partition coefficient (Wildman–Crippen LogP) is 2.07. The molecule has 7 heteroatoms. The maximum absolute atomic E-state index is 11.6. The zero-order chi connectivity index (χ0) is 14.6. The number of sulfonamides is 1. The average Bonchev–Trinajstić information content (AvgIpc) is 2.95. The van der Waals surface area contributed by atoms with Crippen molar-refractivity contribution in [3.8, 4) is 0 Å². The second kappa shape index (κ2) is 6.39. The van der Waals surface area contributed by atoms with E-state index in [1.165, 1.54) is 0 Å². The summed E-state index contributed by atoms with van der Waals surface area (Å²) in [5.41, 5.74) is 0.964. The Balaban J connectivity index is 2.24.